The van der Waals surface area contributed by atoms with Gasteiger partial charge in [-0.15, -0.1) is 0 Å². The Hall–Kier alpha value is -1.06. The van der Waals surface area contributed by atoms with Crippen molar-refractivity contribution in [2.75, 3.05) is 13.7 Å². The predicted molar refractivity (Wildman–Crippen MR) is 72.8 cm³/mol. The van der Waals surface area contributed by atoms with Gasteiger partial charge in [0.15, 0.2) is 0 Å². The number of hydrogen-bond donors (Lipinski definition) is 2. The van der Waals surface area contributed by atoms with Crippen LogP contribution in [0, 0.1) is 5.92 Å². The van der Waals surface area contributed by atoms with E-state index in [1.807, 2.05) is 18.2 Å². The zero-order chi connectivity index (χ0) is 13.0. The molecule has 1 aromatic carbocycles. The van der Waals surface area contributed by atoms with E-state index in [4.69, 9.17) is 10.5 Å². The highest BCUT2D eigenvalue weighted by atomic mass is 16.5. The summed E-state index contributed by atoms with van der Waals surface area (Å²) in [6, 6.07) is 8.06. The number of hydrogen-bond acceptors (Lipinski definition) is 3. The van der Waals surface area contributed by atoms with Crippen LogP contribution < -0.4 is 10.5 Å². The van der Waals surface area contributed by atoms with Crippen molar-refractivity contribution in [2.45, 2.75) is 37.7 Å². The lowest BCUT2D eigenvalue weighted by atomic mass is 9.75. The second kappa shape index (κ2) is 6.21. The molecule has 0 spiro atoms. The number of aliphatic hydroxyl groups excluding tert-OH is 1. The molecule has 0 unspecified atom stereocenters. The first kappa shape index (κ1) is 13.4. The SMILES string of the molecule is COc1cccc([C@H](CN)[C@H]2CCCC[C@H]2O)c1. The zero-order valence-electron chi connectivity index (χ0n) is 11.0. The van der Waals surface area contributed by atoms with E-state index in [-0.39, 0.29) is 17.9 Å². The van der Waals surface area contributed by atoms with E-state index in [9.17, 15) is 5.11 Å². The molecule has 1 aliphatic rings. The van der Waals surface area contributed by atoms with Crippen molar-refractivity contribution < 1.29 is 9.84 Å². The summed E-state index contributed by atoms with van der Waals surface area (Å²) in [5.74, 6) is 1.38. The van der Waals surface area contributed by atoms with Crippen molar-refractivity contribution in [1.82, 2.24) is 0 Å². The van der Waals surface area contributed by atoms with Gasteiger partial charge in [-0.25, -0.2) is 0 Å². The van der Waals surface area contributed by atoms with Crippen LogP contribution >= 0.6 is 0 Å². The van der Waals surface area contributed by atoms with Crippen molar-refractivity contribution in [2.24, 2.45) is 11.7 Å². The monoisotopic (exact) mass is 249 g/mol. The minimum Gasteiger partial charge on any atom is -0.497 e. The third-order valence-electron chi connectivity index (χ3n) is 4.07. The Morgan fingerprint density at radius 3 is 2.83 bits per heavy atom. The fraction of sp³-hybridized carbons (Fsp3) is 0.600. The Balaban J connectivity index is 2.20. The van der Waals surface area contributed by atoms with Crippen LogP contribution in [0.4, 0.5) is 0 Å². The molecule has 1 aliphatic carbocycles. The van der Waals surface area contributed by atoms with Gasteiger partial charge in [-0.2, -0.15) is 0 Å². The number of methoxy groups -OCH3 is 1. The number of rotatable bonds is 4. The summed E-state index contributed by atoms with van der Waals surface area (Å²) in [5, 5.41) is 10.2. The molecule has 0 saturated heterocycles. The van der Waals surface area contributed by atoms with Crippen molar-refractivity contribution in [3.63, 3.8) is 0 Å². The number of ether oxygens (including phenoxy) is 1. The van der Waals surface area contributed by atoms with Crippen LogP contribution in [0.2, 0.25) is 0 Å². The highest BCUT2D eigenvalue weighted by Gasteiger charge is 2.30. The molecule has 1 aromatic rings. The highest BCUT2D eigenvalue weighted by Crippen LogP contribution is 2.36. The fourth-order valence-corrected chi connectivity index (χ4v) is 3.04. The molecule has 3 N–H and O–H groups in total. The van der Waals surface area contributed by atoms with Gasteiger partial charge in [0.1, 0.15) is 5.75 Å². The third-order valence-corrected chi connectivity index (χ3v) is 4.07. The molecular formula is C15H23NO2. The second-order valence-electron chi connectivity index (χ2n) is 5.13. The average Bonchev–Trinajstić information content (AvgIpc) is 2.42. The molecule has 2 rings (SSSR count). The lowest BCUT2D eigenvalue weighted by Gasteiger charge is -2.34. The van der Waals surface area contributed by atoms with E-state index < -0.39 is 0 Å². The first-order valence-corrected chi connectivity index (χ1v) is 6.78. The largest absolute Gasteiger partial charge is 0.497 e. The Labute approximate surface area is 109 Å². The molecule has 1 saturated carbocycles. The Kier molecular flexibility index (Phi) is 4.61. The molecule has 0 heterocycles. The number of nitrogens with two attached hydrogens (primary N) is 1. The van der Waals surface area contributed by atoms with Crippen LogP contribution in [-0.4, -0.2) is 24.9 Å². The van der Waals surface area contributed by atoms with Crippen molar-refractivity contribution in [3.05, 3.63) is 29.8 Å². The van der Waals surface area contributed by atoms with Gasteiger partial charge in [-0.1, -0.05) is 25.0 Å². The lowest BCUT2D eigenvalue weighted by Crippen LogP contribution is -2.33. The zero-order valence-corrected chi connectivity index (χ0v) is 11.0. The number of aliphatic hydroxyl groups is 1. The van der Waals surface area contributed by atoms with E-state index in [1.165, 1.54) is 12.0 Å². The van der Waals surface area contributed by atoms with Crippen molar-refractivity contribution in [3.8, 4) is 5.75 Å². The topological polar surface area (TPSA) is 55.5 Å². The van der Waals surface area contributed by atoms with E-state index in [0.29, 0.717) is 6.54 Å². The average molecular weight is 249 g/mol. The molecule has 1 fully saturated rings. The van der Waals surface area contributed by atoms with Crippen LogP contribution in [0.3, 0.4) is 0 Å². The maximum absolute atomic E-state index is 10.2. The normalized spacial score (nSPS) is 25.7. The Morgan fingerprint density at radius 1 is 1.39 bits per heavy atom. The van der Waals surface area contributed by atoms with Gasteiger partial charge >= 0.3 is 0 Å². The van der Waals surface area contributed by atoms with Crippen LogP contribution in [0.15, 0.2) is 24.3 Å². The van der Waals surface area contributed by atoms with Crippen molar-refractivity contribution in [1.29, 1.82) is 0 Å². The molecule has 3 atom stereocenters. The Bertz CT molecular complexity index is 381. The third kappa shape index (κ3) is 2.85. The minimum absolute atomic E-state index is 0.210. The van der Waals surface area contributed by atoms with Gasteiger partial charge in [0, 0.05) is 5.92 Å². The van der Waals surface area contributed by atoms with Crippen molar-refractivity contribution >= 4 is 0 Å². The summed E-state index contributed by atoms with van der Waals surface area (Å²) in [6.07, 6.45) is 4.10. The molecule has 0 amide bonds. The molecule has 3 heteroatoms. The highest BCUT2D eigenvalue weighted by molar-refractivity contribution is 5.31. The smallest absolute Gasteiger partial charge is 0.119 e. The summed E-state index contributed by atoms with van der Waals surface area (Å²) in [7, 11) is 1.67. The quantitative estimate of drug-likeness (QED) is 0.860. The maximum Gasteiger partial charge on any atom is 0.119 e. The summed E-state index contributed by atoms with van der Waals surface area (Å²) >= 11 is 0. The van der Waals surface area contributed by atoms with Gasteiger partial charge in [-0.3, -0.25) is 0 Å². The van der Waals surface area contributed by atoms with Gasteiger partial charge < -0.3 is 15.6 Å². The van der Waals surface area contributed by atoms with Gasteiger partial charge in [0.2, 0.25) is 0 Å². The molecule has 18 heavy (non-hydrogen) atoms. The molecular weight excluding hydrogens is 226 g/mol. The second-order valence-corrected chi connectivity index (χ2v) is 5.13. The predicted octanol–water partition coefficient (Wildman–Crippen LogP) is 2.29. The summed E-state index contributed by atoms with van der Waals surface area (Å²) in [4.78, 5) is 0. The minimum atomic E-state index is -0.210. The van der Waals surface area contributed by atoms with Crippen LogP contribution in [0.5, 0.6) is 5.75 Å². The Morgan fingerprint density at radius 2 is 2.17 bits per heavy atom. The fourth-order valence-electron chi connectivity index (χ4n) is 3.04. The van der Waals surface area contributed by atoms with Crippen LogP contribution in [-0.2, 0) is 0 Å². The van der Waals surface area contributed by atoms with E-state index in [0.717, 1.165) is 25.0 Å². The van der Waals surface area contributed by atoms with Gasteiger partial charge in [0.25, 0.3) is 0 Å². The maximum atomic E-state index is 10.2. The standard InChI is InChI=1S/C15H23NO2/c1-18-12-6-4-5-11(9-12)14(10-16)13-7-2-3-8-15(13)17/h4-6,9,13-15,17H,2-3,7-8,10,16H2,1H3/t13-,14+,15-/m1/s1. The van der Waals surface area contributed by atoms with Crippen LogP contribution in [0.25, 0.3) is 0 Å². The molecule has 0 radical (unpaired) electrons. The first-order valence-electron chi connectivity index (χ1n) is 6.78. The lowest BCUT2D eigenvalue weighted by molar-refractivity contribution is 0.0560. The summed E-state index contributed by atoms with van der Waals surface area (Å²) < 4.78 is 5.26. The summed E-state index contributed by atoms with van der Waals surface area (Å²) in [5.41, 5.74) is 7.12. The number of benzene rings is 1. The molecule has 0 bridgehead atoms. The molecule has 100 valence electrons. The van der Waals surface area contributed by atoms with E-state index in [1.54, 1.807) is 7.11 Å². The van der Waals surface area contributed by atoms with E-state index in [2.05, 4.69) is 6.07 Å². The summed E-state index contributed by atoms with van der Waals surface area (Å²) in [6.45, 7) is 0.578. The van der Waals surface area contributed by atoms with Gasteiger partial charge in [-0.05, 0) is 43.0 Å². The first-order chi connectivity index (χ1) is 8.76. The van der Waals surface area contributed by atoms with Crippen LogP contribution in [0.1, 0.15) is 37.2 Å². The molecule has 3 nitrogen and oxygen atoms in total. The molecule has 0 aliphatic heterocycles. The molecule has 0 aromatic heterocycles. The van der Waals surface area contributed by atoms with E-state index >= 15 is 0 Å². The van der Waals surface area contributed by atoms with Gasteiger partial charge in [0.05, 0.1) is 13.2 Å².